The van der Waals surface area contributed by atoms with Crippen LogP contribution in [-0.2, 0) is 0 Å². The van der Waals surface area contributed by atoms with E-state index in [0.29, 0.717) is 23.1 Å². The number of aromatic nitrogens is 4. The van der Waals surface area contributed by atoms with E-state index >= 15 is 0 Å². The van der Waals surface area contributed by atoms with Crippen LogP contribution in [0, 0.1) is 6.92 Å². The van der Waals surface area contributed by atoms with Crippen LogP contribution < -0.4 is 10.6 Å². The third-order valence-electron chi connectivity index (χ3n) is 6.99. The Bertz CT molecular complexity index is 1410. The number of likely N-dealkylation sites (tertiary alicyclic amines) is 1. The molecule has 8 nitrogen and oxygen atoms in total. The molecule has 2 N–H and O–H groups in total. The Labute approximate surface area is 223 Å². The van der Waals surface area contributed by atoms with Crippen molar-refractivity contribution in [2.75, 3.05) is 23.7 Å². The Hall–Kier alpha value is -4.17. The lowest BCUT2D eigenvalue weighted by Crippen LogP contribution is -2.39. The van der Waals surface area contributed by atoms with Crippen molar-refractivity contribution in [3.05, 3.63) is 90.1 Å². The number of pyridine rings is 2. The average molecular weight is 508 g/mol. The predicted molar refractivity (Wildman–Crippen MR) is 151 cm³/mol. The topological polar surface area (TPSA) is 95.9 Å². The smallest absolute Gasteiger partial charge is 0.257 e. The molecule has 1 saturated heterocycles. The first-order valence-electron chi connectivity index (χ1n) is 12.9. The van der Waals surface area contributed by atoms with Gasteiger partial charge in [-0.25, -0.2) is 9.97 Å². The summed E-state index contributed by atoms with van der Waals surface area (Å²) in [4.78, 5) is 33.1. The molecule has 4 heterocycles. The van der Waals surface area contributed by atoms with E-state index in [9.17, 15) is 4.79 Å². The Morgan fingerprint density at radius 2 is 1.84 bits per heavy atom. The van der Waals surface area contributed by atoms with E-state index in [1.807, 2.05) is 37.3 Å². The van der Waals surface area contributed by atoms with E-state index in [4.69, 9.17) is 0 Å². The van der Waals surface area contributed by atoms with Crippen LogP contribution in [0.25, 0.3) is 11.3 Å². The summed E-state index contributed by atoms with van der Waals surface area (Å²) < 4.78 is 0. The number of nitrogens with one attached hydrogen (secondary N) is 2. The summed E-state index contributed by atoms with van der Waals surface area (Å²) in [6.07, 6.45) is 7.90. The molecule has 38 heavy (non-hydrogen) atoms. The van der Waals surface area contributed by atoms with Crippen LogP contribution in [0.15, 0.2) is 73.3 Å². The van der Waals surface area contributed by atoms with E-state index in [2.05, 4.69) is 68.4 Å². The minimum Gasteiger partial charge on any atom is -0.323 e. The maximum Gasteiger partial charge on any atom is 0.257 e. The zero-order valence-corrected chi connectivity index (χ0v) is 22.3. The largest absolute Gasteiger partial charge is 0.323 e. The van der Waals surface area contributed by atoms with Gasteiger partial charge in [0.15, 0.2) is 0 Å². The number of rotatable bonds is 6. The molecule has 4 aromatic rings. The van der Waals surface area contributed by atoms with Crippen LogP contribution in [-0.4, -0.2) is 49.4 Å². The number of benzene rings is 1. The Kier molecular flexibility index (Phi) is 7.15. The third-order valence-corrected chi connectivity index (χ3v) is 6.99. The Balaban J connectivity index is 1.26. The van der Waals surface area contributed by atoms with Gasteiger partial charge in [0.2, 0.25) is 5.95 Å². The molecular weight excluding hydrogens is 474 g/mol. The SMILES string of the molecule is Cc1ncc(C(=O)Nc2ccc(C3CCN(C(C)(C)C)C3)cc2)cc1Nc1nccc(-c2cccnc2)n1. The van der Waals surface area contributed by atoms with Crippen LogP contribution in [0.1, 0.15) is 54.7 Å². The fraction of sp³-hybridized carbons (Fsp3) is 0.300. The van der Waals surface area contributed by atoms with Gasteiger partial charge in [-0.1, -0.05) is 12.1 Å². The molecule has 3 aromatic heterocycles. The van der Waals surface area contributed by atoms with Gasteiger partial charge in [0.25, 0.3) is 5.91 Å². The summed E-state index contributed by atoms with van der Waals surface area (Å²) in [7, 11) is 0. The molecule has 5 rings (SSSR count). The van der Waals surface area contributed by atoms with Gasteiger partial charge in [-0.2, -0.15) is 0 Å². The van der Waals surface area contributed by atoms with E-state index < -0.39 is 0 Å². The van der Waals surface area contributed by atoms with Crippen LogP contribution in [0.4, 0.5) is 17.3 Å². The van der Waals surface area contributed by atoms with Gasteiger partial charge in [-0.05, 0) is 88.5 Å². The van der Waals surface area contributed by atoms with Gasteiger partial charge >= 0.3 is 0 Å². The van der Waals surface area contributed by atoms with E-state index in [-0.39, 0.29) is 11.4 Å². The third kappa shape index (κ3) is 5.86. The first kappa shape index (κ1) is 25.5. The minimum atomic E-state index is -0.224. The molecule has 1 atom stereocenters. The first-order valence-corrected chi connectivity index (χ1v) is 12.9. The highest BCUT2D eigenvalue weighted by atomic mass is 16.1. The fourth-order valence-electron chi connectivity index (χ4n) is 4.68. The molecule has 194 valence electrons. The van der Waals surface area contributed by atoms with E-state index in [1.54, 1.807) is 30.9 Å². The summed E-state index contributed by atoms with van der Waals surface area (Å²) in [5.74, 6) is 0.715. The second-order valence-electron chi connectivity index (χ2n) is 10.7. The summed E-state index contributed by atoms with van der Waals surface area (Å²) in [5.41, 5.74) is 5.75. The highest BCUT2D eigenvalue weighted by Gasteiger charge is 2.30. The minimum absolute atomic E-state index is 0.187. The molecular formula is C30H33N7O. The Morgan fingerprint density at radius 3 is 2.55 bits per heavy atom. The van der Waals surface area contributed by atoms with Gasteiger partial charge in [0.05, 0.1) is 22.6 Å². The van der Waals surface area contributed by atoms with Crippen molar-refractivity contribution in [1.29, 1.82) is 0 Å². The van der Waals surface area contributed by atoms with Crippen molar-refractivity contribution in [2.24, 2.45) is 0 Å². The predicted octanol–water partition coefficient (Wildman–Crippen LogP) is 5.83. The number of carbonyl (C=O) groups is 1. The van der Waals surface area contributed by atoms with Gasteiger partial charge in [0.1, 0.15) is 0 Å². The molecule has 1 amide bonds. The van der Waals surface area contributed by atoms with Crippen molar-refractivity contribution in [3.63, 3.8) is 0 Å². The van der Waals surface area contributed by atoms with Gasteiger partial charge < -0.3 is 10.6 Å². The standard InChI is InChI=1S/C30H33N7O/c1-20-27(36-29-32-14-11-26(35-29)22-6-5-13-31-17-22)16-24(18-33-20)28(38)34-25-9-7-21(8-10-25)23-12-15-37(19-23)30(2,3)4/h5-11,13-14,16-18,23H,12,15,19H2,1-4H3,(H,34,38)(H,32,35,36). The molecule has 0 radical (unpaired) electrons. The molecule has 0 spiro atoms. The fourth-order valence-corrected chi connectivity index (χ4v) is 4.68. The summed E-state index contributed by atoms with van der Waals surface area (Å²) in [6, 6.07) is 15.6. The number of carbonyl (C=O) groups excluding carboxylic acids is 1. The lowest BCUT2D eigenvalue weighted by molar-refractivity contribution is 0.102. The monoisotopic (exact) mass is 507 g/mol. The maximum atomic E-state index is 13.0. The number of amides is 1. The second kappa shape index (κ2) is 10.7. The highest BCUT2D eigenvalue weighted by molar-refractivity contribution is 6.04. The van der Waals surface area contributed by atoms with Crippen molar-refractivity contribution in [3.8, 4) is 11.3 Å². The summed E-state index contributed by atoms with van der Waals surface area (Å²) >= 11 is 0. The summed E-state index contributed by atoms with van der Waals surface area (Å²) in [5, 5.41) is 6.20. The first-order chi connectivity index (χ1) is 18.3. The number of hydrogen-bond donors (Lipinski definition) is 2. The normalized spacial score (nSPS) is 15.8. The molecule has 1 aromatic carbocycles. The number of hydrogen-bond acceptors (Lipinski definition) is 7. The van der Waals surface area contributed by atoms with E-state index in [1.165, 1.54) is 5.56 Å². The molecule has 0 bridgehead atoms. The quantitative estimate of drug-likeness (QED) is 0.339. The van der Waals surface area contributed by atoms with Crippen LogP contribution in [0.3, 0.4) is 0 Å². The molecule has 0 saturated carbocycles. The van der Waals surface area contributed by atoms with Gasteiger partial charge in [-0.15, -0.1) is 0 Å². The van der Waals surface area contributed by atoms with Crippen LogP contribution in [0.5, 0.6) is 0 Å². The average Bonchev–Trinajstić information content (AvgIpc) is 3.42. The number of aryl methyl sites for hydroxylation is 1. The van der Waals surface area contributed by atoms with Crippen LogP contribution in [0.2, 0.25) is 0 Å². The molecule has 1 fully saturated rings. The lowest BCUT2D eigenvalue weighted by atomic mass is 9.98. The lowest BCUT2D eigenvalue weighted by Gasteiger charge is -2.31. The number of nitrogens with zero attached hydrogens (tertiary/aromatic N) is 5. The van der Waals surface area contributed by atoms with Gasteiger partial charge in [-0.3, -0.25) is 19.7 Å². The zero-order valence-electron chi connectivity index (χ0n) is 22.3. The van der Waals surface area contributed by atoms with Crippen molar-refractivity contribution in [1.82, 2.24) is 24.8 Å². The zero-order chi connectivity index (χ0) is 26.7. The molecule has 1 aliphatic heterocycles. The number of anilines is 3. The maximum absolute atomic E-state index is 13.0. The Morgan fingerprint density at radius 1 is 1.03 bits per heavy atom. The second-order valence-corrected chi connectivity index (χ2v) is 10.7. The van der Waals surface area contributed by atoms with Gasteiger partial charge in [0, 0.05) is 48.1 Å². The molecule has 8 heteroatoms. The van der Waals surface area contributed by atoms with Crippen molar-refractivity contribution < 1.29 is 4.79 Å². The van der Waals surface area contributed by atoms with Crippen LogP contribution >= 0.6 is 0 Å². The highest BCUT2D eigenvalue weighted by Crippen LogP contribution is 2.32. The van der Waals surface area contributed by atoms with E-state index in [0.717, 1.165) is 42.1 Å². The van der Waals surface area contributed by atoms with Crippen molar-refractivity contribution in [2.45, 2.75) is 45.6 Å². The molecule has 0 aliphatic carbocycles. The molecule has 1 aliphatic rings. The summed E-state index contributed by atoms with van der Waals surface area (Å²) in [6.45, 7) is 10.8. The molecule has 1 unspecified atom stereocenters. The van der Waals surface area contributed by atoms with Crippen molar-refractivity contribution >= 4 is 23.2 Å².